The van der Waals surface area contributed by atoms with Gasteiger partial charge in [0.05, 0.1) is 0 Å². The van der Waals surface area contributed by atoms with Crippen molar-refractivity contribution in [2.75, 3.05) is 0 Å². The van der Waals surface area contributed by atoms with E-state index < -0.39 is 36.7 Å². The van der Waals surface area contributed by atoms with E-state index in [2.05, 4.69) is 0 Å². The van der Waals surface area contributed by atoms with Crippen LogP contribution in [0.5, 0.6) is 0 Å². The van der Waals surface area contributed by atoms with Crippen LogP contribution in [0, 0.1) is 0 Å². The van der Waals surface area contributed by atoms with Gasteiger partial charge >= 0.3 is 5.97 Å². The van der Waals surface area contributed by atoms with Gasteiger partial charge in [-0.25, -0.2) is 4.79 Å². The number of benzene rings is 1. The van der Waals surface area contributed by atoms with Gasteiger partial charge in [0.1, 0.15) is 24.9 Å². The molecule has 3 unspecified atom stereocenters. The smallest absolute Gasteiger partial charge is 0.338 e. The van der Waals surface area contributed by atoms with E-state index in [-0.39, 0.29) is 6.61 Å². The highest BCUT2D eigenvalue weighted by molar-refractivity contribution is 5.75. The quantitative estimate of drug-likeness (QED) is 0.501. The van der Waals surface area contributed by atoms with Crippen LogP contribution in [0.1, 0.15) is 5.56 Å². The molecule has 0 aliphatic carbocycles. The maximum Gasteiger partial charge on any atom is 0.338 e. The van der Waals surface area contributed by atoms with E-state index in [0.717, 1.165) is 5.56 Å². The maximum absolute atomic E-state index is 11.8. The molecule has 1 aliphatic rings. The number of hydrogen-bond donors (Lipinski definition) is 4. The zero-order valence-electron chi connectivity index (χ0n) is 10.5. The molecular formula is C13H16O7. The maximum atomic E-state index is 11.8. The highest BCUT2D eigenvalue weighted by atomic mass is 16.7. The van der Waals surface area contributed by atoms with Crippen molar-refractivity contribution in [2.24, 2.45) is 0 Å². The van der Waals surface area contributed by atoms with Crippen LogP contribution in [0.4, 0.5) is 0 Å². The van der Waals surface area contributed by atoms with Gasteiger partial charge in [-0.05, 0) is 5.56 Å². The second-order valence-electron chi connectivity index (χ2n) is 4.51. The van der Waals surface area contributed by atoms with Crippen LogP contribution in [-0.2, 0) is 20.9 Å². The summed E-state index contributed by atoms with van der Waals surface area (Å²) in [6, 6.07) is 8.86. The molecule has 1 heterocycles. The summed E-state index contributed by atoms with van der Waals surface area (Å²) < 4.78 is 9.69. The lowest BCUT2D eigenvalue weighted by molar-refractivity contribution is -0.281. The monoisotopic (exact) mass is 284 g/mol. The molecule has 7 heteroatoms. The fraction of sp³-hybridized carbons (Fsp3) is 0.462. The summed E-state index contributed by atoms with van der Waals surface area (Å²) in [4.78, 5) is 11.8. The van der Waals surface area contributed by atoms with Crippen molar-refractivity contribution in [1.82, 2.24) is 0 Å². The summed E-state index contributed by atoms with van der Waals surface area (Å²) in [7, 11) is 0. The van der Waals surface area contributed by atoms with Crippen LogP contribution in [0.25, 0.3) is 0 Å². The van der Waals surface area contributed by atoms with Gasteiger partial charge in [-0.2, -0.15) is 0 Å². The van der Waals surface area contributed by atoms with E-state index in [1.54, 1.807) is 24.3 Å². The number of aliphatic hydroxyl groups excluding tert-OH is 4. The third kappa shape index (κ3) is 3.14. The molecular weight excluding hydrogens is 268 g/mol. The van der Waals surface area contributed by atoms with Gasteiger partial charge < -0.3 is 29.9 Å². The average Bonchev–Trinajstić information content (AvgIpc) is 2.47. The molecule has 0 amide bonds. The molecule has 1 fully saturated rings. The number of carbonyl (C=O) groups is 1. The van der Waals surface area contributed by atoms with Crippen LogP contribution in [0.2, 0.25) is 0 Å². The third-order valence-electron chi connectivity index (χ3n) is 3.04. The van der Waals surface area contributed by atoms with Crippen molar-refractivity contribution in [1.29, 1.82) is 0 Å². The Bertz CT molecular complexity index is 449. The minimum Gasteiger partial charge on any atom is -0.459 e. The van der Waals surface area contributed by atoms with E-state index in [9.17, 15) is 25.2 Å². The summed E-state index contributed by atoms with van der Waals surface area (Å²) in [6.07, 6.45) is -8.34. The van der Waals surface area contributed by atoms with Crippen molar-refractivity contribution in [2.45, 2.75) is 37.3 Å². The van der Waals surface area contributed by atoms with Crippen LogP contribution in [0.3, 0.4) is 0 Å². The number of carbonyl (C=O) groups excluding carboxylic acids is 1. The van der Waals surface area contributed by atoms with Gasteiger partial charge in [-0.3, -0.25) is 0 Å². The normalized spacial score (nSPS) is 33.7. The SMILES string of the molecule is O=C(OCc1ccccc1)C1OC(O)C(O)[C@@H](O)[C@@H]1O. The van der Waals surface area contributed by atoms with Gasteiger partial charge in [-0.15, -0.1) is 0 Å². The standard InChI is InChI=1S/C13H16O7/c14-8-9(15)11(20-12(17)10(8)16)13(18)19-6-7-4-2-1-3-5-7/h1-5,8-12,14-17H,6H2/t8-,9-,10?,11?,12?/m0/s1. The first-order valence-corrected chi connectivity index (χ1v) is 6.09. The number of aliphatic hydroxyl groups is 4. The first-order chi connectivity index (χ1) is 9.50. The lowest BCUT2D eigenvalue weighted by Gasteiger charge is -2.36. The van der Waals surface area contributed by atoms with Crippen molar-refractivity contribution in [3.05, 3.63) is 35.9 Å². The number of hydrogen-bond acceptors (Lipinski definition) is 7. The summed E-state index contributed by atoms with van der Waals surface area (Å²) in [5.74, 6) is -0.925. The van der Waals surface area contributed by atoms with Gasteiger partial charge in [-0.1, -0.05) is 30.3 Å². The molecule has 0 bridgehead atoms. The first kappa shape index (κ1) is 14.9. The molecule has 20 heavy (non-hydrogen) atoms. The first-order valence-electron chi connectivity index (χ1n) is 6.09. The molecule has 4 N–H and O–H groups in total. The summed E-state index contributed by atoms with van der Waals surface area (Å²) in [6.45, 7) is -0.0268. The molecule has 7 nitrogen and oxygen atoms in total. The summed E-state index contributed by atoms with van der Waals surface area (Å²) in [5.41, 5.74) is 0.743. The Morgan fingerprint density at radius 2 is 1.70 bits per heavy atom. The van der Waals surface area contributed by atoms with E-state index in [1.165, 1.54) is 0 Å². The highest BCUT2D eigenvalue weighted by Crippen LogP contribution is 2.21. The largest absolute Gasteiger partial charge is 0.459 e. The molecule has 1 saturated heterocycles. The minimum atomic E-state index is -1.76. The van der Waals surface area contributed by atoms with Crippen molar-refractivity contribution in [3.63, 3.8) is 0 Å². The van der Waals surface area contributed by atoms with Gasteiger partial charge in [0.25, 0.3) is 0 Å². The molecule has 2 rings (SSSR count). The highest BCUT2D eigenvalue weighted by Gasteiger charge is 2.46. The molecule has 5 atom stereocenters. The van der Waals surface area contributed by atoms with Crippen LogP contribution < -0.4 is 0 Å². The molecule has 0 radical (unpaired) electrons. The molecule has 1 aliphatic heterocycles. The van der Waals surface area contributed by atoms with Crippen molar-refractivity contribution in [3.8, 4) is 0 Å². The molecule has 1 aromatic carbocycles. The number of ether oxygens (including phenoxy) is 2. The Kier molecular flexibility index (Phi) is 4.69. The van der Waals surface area contributed by atoms with E-state index in [1.807, 2.05) is 6.07 Å². The lowest BCUT2D eigenvalue weighted by Crippen LogP contribution is -2.59. The third-order valence-corrected chi connectivity index (χ3v) is 3.04. The number of esters is 1. The fourth-order valence-electron chi connectivity index (χ4n) is 1.87. The van der Waals surface area contributed by atoms with Crippen LogP contribution >= 0.6 is 0 Å². The van der Waals surface area contributed by atoms with Gasteiger partial charge in [0, 0.05) is 0 Å². The molecule has 0 saturated carbocycles. The van der Waals surface area contributed by atoms with Gasteiger partial charge in [0.2, 0.25) is 0 Å². The van der Waals surface area contributed by atoms with Crippen LogP contribution in [-0.4, -0.2) is 57.1 Å². The Morgan fingerprint density at radius 3 is 2.35 bits per heavy atom. The Balaban J connectivity index is 1.95. The molecule has 0 aromatic heterocycles. The Labute approximate surface area is 115 Å². The fourth-order valence-corrected chi connectivity index (χ4v) is 1.87. The van der Waals surface area contributed by atoms with Crippen molar-refractivity contribution < 1.29 is 34.7 Å². The zero-order valence-corrected chi connectivity index (χ0v) is 10.5. The Morgan fingerprint density at radius 1 is 1.05 bits per heavy atom. The average molecular weight is 284 g/mol. The predicted molar refractivity (Wildman–Crippen MR) is 65.1 cm³/mol. The summed E-state index contributed by atoms with van der Waals surface area (Å²) >= 11 is 0. The lowest BCUT2D eigenvalue weighted by atomic mass is 9.99. The van der Waals surface area contributed by atoms with Crippen molar-refractivity contribution >= 4 is 5.97 Å². The minimum absolute atomic E-state index is 0.0268. The number of rotatable bonds is 3. The predicted octanol–water partition coefficient (Wildman–Crippen LogP) is -1.47. The summed E-state index contributed by atoms with van der Waals surface area (Å²) in [5, 5.41) is 37.7. The second-order valence-corrected chi connectivity index (χ2v) is 4.51. The van der Waals surface area contributed by atoms with E-state index >= 15 is 0 Å². The molecule has 0 spiro atoms. The molecule has 110 valence electrons. The molecule has 1 aromatic rings. The van der Waals surface area contributed by atoms with Gasteiger partial charge in [0.15, 0.2) is 12.4 Å². The van der Waals surface area contributed by atoms with E-state index in [4.69, 9.17) is 9.47 Å². The zero-order chi connectivity index (χ0) is 14.7. The topological polar surface area (TPSA) is 116 Å². The van der Waals surface area contributed by atoms with E-state index in [0.29, 0.717) is 0 Å². The Hall–Kier alpha value is -1.51. The second kappa shape index (κ2) is 6.29. The van der Waals surface area contributed by atoms with Crippen LogP contribution in [0.15, 0.2) is 30.3 Å².